The summed E-state index contributed by atoms with van der Waals surface area (Å²) >= 11 is 0. The molecule has 0 aromatic rings. The number of rotatable bonds is 42. The molecule has 0 fully saturated rings. The number of esters is 2. The largest absolute Gasteiger partial charge is 0.472 e. The first-order chi connectivity index (χ1) is 28.8. The predicted molar refractivity (Wildman–Crippen MR) is 247 cm³/mol. The molecule has 0 rings (SSSR count). The van der Waals surface area contributed by atoms with Gasteiger partial charge in [0.05, 0.1) is 13.2 Å². The number of carbonyl (C=O) groups is 2. The van der Waals surface area contributed by atoms with Crippen LogP contribution in [0.15, 0.2) is 85.1 Å². The molecule has 0 bridgehead atoms. The molecule has 0 aliphatic carbocycles. The molecule has 0 aromatic heterocycles. The van der Waals surface area contributed by atoms with Gasteiger partial charge in [-0.25, -0.2) is 4.57 Å². The van der Waals surface area contributed by atoms with Crippen LogP contribution in [0.3, 0.4) is 0 Å². The molecule has 2 unspecified atom stereocenters. The Morgan fingerprint density at radius 3 is 1.37 bits per heavy atom. The molecule has 0 saturated carbocycles. The second-order valence-corrected chi connectivity index (χ2v) is 16.4. The fraction of sp³-hybridized carbons (Fsp3) is 0.673. The summed E-state index contributed by atoms with van der Waals surface area (Å²) in [4.78, 5) is 34.9. The third kappa shape index (κ3) is 44.6. The van der Waals surface area contributed by atoms with Crippen molar-refractivity contribution in [1.82, 2.24) is 0 Å². The van der Waals surface area contributed by atoms with Gasteiger partial charge >= 0.3 is 19.8 Å². The van der Waals surface area contributed by atoms with Crippen molar-refractivity contribution in [3.05, 3.63) is 85.1 Å². The predicted octanol–water partition coefficient (Wildman–Crippen LogP) is 13.6. The summed E-state index contributed by atoms with van der Waals surface area (Å²) in [7, 11) is -4.40. The van der Waals surface area contributed by atoms with Gasteiger partial charge in [0, 0.05) is 19.4 Å². The number of carbonyl (C=O) groups excluding carboxylic acids is 2. The van der Waals surface area contributed by atoms with Gasteiger partial charge in [-0.1, -0.05) is 170 Å². The molecule has 338 valence electrons. The summed E-state index contributed by atoms with van der Waals surface area (Å²) in [5.74, 6) is -0.935. The maximum Gasteiger partial charge on any atom is 0.472 e. The lowest BCUT2D eigenvalue weighted by Crippen LogP contribution is -2.29. The lowest BCUT2D eigenvalue weighted by atomic mass is 10.1. The zero-order valence-corrected chi connectivity index (χ0v) is 38.1. The van der Waals surface area contributed by atoms with E-state index in [-0.39, 0.29) is 32.6 Å². The molecule has 0 aliphatic rings. The molecule has 0 amide bonds. The van der Waals surface area contributed by atoms with Crippen molar-refractivity contribution in [2.24, 2.45) is 5.73 Å². The highest BCUT2D eigenvalue weighted by Gasteiger charge is 2.25. The highest BCUT2D eigenvalue weighted by Crippen LogP contribution is 2.43. The van der Waals surface area contributed by atoms with E-state index in [1.165, 1.54) is 83.5 Å². The van der Waals surface area contributed by atoms with Crippen LogP contribution in [-0.4, -0.2) is 49.3 Å². The Balaban J connectivity index is 4.26. The van der Waals surface area contributed by atoms with Crippen molar-refractivity contribution in [3.63, 3.8) is 0 Å². The quantitative estimate of drug-likeness (QED) is 0.0266. The average molecular weight is 846 g/mol. The van der Waals surface area contributed by atoms with Gasteiger partial charge in [-0.3, -0.25) is 18.6 Å². The first-order valence-corrected chi connectivity index (χ1v) is 24.6. The second-order valence-electron chi connectivity index (χ2n) is 14.9. The van der Waals surface area contributed by atoms with Crippen LogP contribution in [0.2, 0.25) is 0 Å². The van der Waals surface area contributed by atoms with Gasteiger partial charge in [-0.05, 0) is 83.5 Å². The maximum absolute atomic E-state index is 12.6. The molecular formula is C49H84NO8P. The van der Waals surface area contributed by atoms with E-state index in [1.807, 2.05) is 12.2 Å². The Bertz CT molecular complexity index is 1240. The Labute approximate surface area is 360 Å². The van der Waals surface area contributed by atoms with Crippen LogP contribution in [0.1, 0.15) is 181 Å². The first-order valence-electron chi connectivity index (χ1n) is 23.1. The van der Waals surface area contributed by atoms with Gasteiger partial charge in [0.2, 0.25) is 0 Å². The van der Waals surface area contributed by atoms with Crippen LogP contribution >= 0.6 is 7.82 Å². The molecule has 59 heavy (non-hydrogen) atoms. The van der Waals surface area contributed by atoms with Crippen LogP contribution in [0.5, 0.6) is 0 Å². The lowest BCUT2D eigenvalue weighted by molar-refractivity contribution is -0.161. The first kappa shape index (κ1) is 56.2. The summed E-state index contributed by atoms with van der Waals surface area (Å²) in [6.07, 6.45) is 56.2. The van der Waals surface area contributed by atoms with E-state index in [0.717, 1.165) is 57.8 Å². The summed E-state index contributed by atoms with van der Waals surface area (Å²) in [6, 6.07) is 0. The van der Waals surface area contributed by atoms with Gasteiger partial charge in [-0.15, -0.1) is 0 Å². The second kappa shape index (κ2) is 44.7. The molecule has 0 spiro atoms. The molecule has 0 aromatic carbocycles. The monoisotopic (exact) mass is 846 g/mol. The molecule has 0 radical (unpaired) electrons. The van der Waals surface area contributed by atoms with Crippen LogP contribution in [-0.2, 0) is 32.7 Å². The van der Waals surface area contributed by atoms with E-state index < -0.39 is 32.5 Å². The molecule has 10 heteroatoms. The molecule has 9 nitrogen and oxygen atoms in total. The summed E-state index contributed by atoms with van der Waals surface area (Å²) in [6.45, 7) is 3.58. The maximum atomic E-state index is 12.6. The van der Waals surface area contributed by atoms with Gasteiger partial charge in [0.15, 0.2) is 6.10 Å². The molecule has 0 saturated heterocycles. The van der Waals surface area contributed by atoms with Gasteiger partial charge in [0.1, 0.15) is 6.61 Å². The van der Waals surface area contributed by atoms with Crippen molar-refractivity contribution in [1.29, 1.82) is 0 Å². The van der Waals surface area contributed by atoms with E-state index >= 15 is 0 Å². The number of phosphoric ester groups is 1. The zero-order chi connectivity index (χ0) is 43.2. The van der Waals surface area contributed by atoms with Crippen LogP contribution in [0.25, 0.3) is 0 Å². The zero-order valence-electron chi connectivity index (χ0n) is 37.2. The van der Waals surface area contributed by atoms with Gasteiger partial charge < -0.3 is 20.1 Å². The van der Waals surface area contributed by atoms with Crippen molar-refractivity contribution < 1.29 is 37.6 Å². The van der Waals surface area contributed by atoms with Crippen LogP contribution < -0.4 is 5.73 Å². The summed E-state index contributed by atoms with van der Waals surface area (Å²) < 4.78 is 32.7. The fourth-order valence-electron chi connectivity index (χ4n) is 5.82. The van der Waals surface area contributed by atoms with Crippen molar-refractivity contribution in [2.45, 2.75) is 187 Å². The van der Waals surface area contributed by atoms with Gasteiger partial charge in [-0.2, -0.15) is 0 Å². The van der Waals surface area contributed by atoms with E-state index in [0.29, 0.717) is 12.8 Å². The molecule has 3 N–H and O–H groups in total. The van der Waals surface area contributed by atoms with Crippen molar-refractivity contribution in [2.75, 3.05) is 26.4 Å². The van der Waals surface area contributed by atoms with E-state index in [1.54, 1.807) is 0 Å². The Hall–Kier alpha value is -2.81. The summed E-state index contributed by atoms with van der Waals surface area (Å²) in [5.41, 5.74) is 5.35. The molecular weight excluding hydrogens is 762 g/mol. The minimum atomic E-state index is -4.40. The number of hydrogen-bond donors (Lipinski definition) is 2. The van der Waals surface area contributed by atoms with Crippen LogP contribution in [0.4, 0.5) is 0 Å². The highest BCUT2D eigenvalue weighted by molar-refractivity contribution is 7.47. The van der Waals surface area contributed by atoms with Gasteiger partial charge in [0.25, 0.3) is 0 Å². The number of unbranched alkanes of at least 4 members (excludes halogenated alkanes) is 15. The Morgan fingerprint density at radius 2 is 0.915 bits per heavy atom. The molecule has 2 atom stereocenters. The standard InChI is InChI=1S/C49H84NO8P/c1-3-5-7-9-11-13-15-17-19-21-23-25-27-29-31-33-35-37-39-41-48(51)55-45-47(46-57-59(53,54)56-44-43-50)58-49(52)42-40-38-36-34-32-30-28-26-24-22-20-18-16-14-12-10-8-6-4-2/h11-14,17-20,23,25,29,31,35,37,47H,3-10,15-16,21-22,24,26-28,30,32-34,36,38-46,50H2,1-2H3,(H,53,54). The Morgan fingerprint density at radius 1 is 0.508 bits per heavy atom. The smallest absolute Gasteiger partial charge is 0.462 e. The van der Waals surface area contributed by atoms with E-state index in [2.05, 4.69) is 86.8 Å². The highest BCUT2D eigenvalue weighted by atomic mass is 31.2. The number of hydrogen-bond acceptors (Lipinski definition) is 8. The van der Waals surface area contributed by atoms with Crippen LogP contribution in [0, 0.1) is 0 Å². The number of nitrogens with two attached hydrogens (primary N) is 1. The topological polar surface area (TPSA) is 134 Å². The normalized spacial score (nSPS) is 14.0. The van der Waals surface area contributed by atoms with Crippen molar-refractivity contribution in [3.8, 4) is 0 Å². The molecule has 0 aliphatic heterocycles. The van der Waals surface area contributed by atoms with E-state index in [4.69, 9.17) is 24.3 Å². The third-order valence-corrected chi connectivity index (χ3v) is 10.3. The average Bonchev–Trinajstić information content (AvgIpc) is 3.22. The SMILES string of the molecule is CCCCCC=CCC=CCC=CCC=CCC=CCCC(=O)OCC(COP(=O)(O)OCCN)OC(=O)CCCCCCCCCCCC=CCC=CCCCCC. The minimum Gasteiger partial charge on any atom is -0.462 e. The number of allylic oxidation sites excluding steroid dienone is 14. The molecule has 0 heterocycles. The number of ether oxygens (including phenoxy) is 2. The fourth-order valence-corrected chi connectivity index (χ4v) is 6.59. The lowest BCUT2D eigenvalue weighted by Gasteiger charge is -2.19. The van der Waals surface area contributed by atoms with Crippen molar-refractivity contribution >= 4 is 19.8 Å². The Kier molecular flexibility index (Phi) is 42.6. The number of phosphoric acid groups is 1. The third-order valence-electron chi connectivity index (χ3n) is 9.27. The minimum absolute atomic E-state index is 0.0392. The van der Waals surface area contributed by atoms with E-state index in [9.17, 15) is 19.0 Å². The summed E-state index contributed by atoms with van der Waals surface area (Å²) in [5, 5.41) is 0.